The van der Waals surface area contributed by atoms with Gasteiger partial charge in [-0.2, -0.15) is 4.72 Å². The standard InChI is InChI=1S/C13H19FN2O4S/c1-4-13(5-2,12(15)17)16-21(18,19)9-6-7-11(20-3)10(14)8-9/h6-8,16H,4-5H2,1-3H3,(H2,15,17). The molecule has 0 bridgehead atoms. The Morgan fingerprint density at radius 1 is 1.38 bits per heavy atom. The molecule has 6 nitrogen and oxygen atoms in total. The summed E-state index contributed by atoms with van der Waals surface area (Å²) >= 11 is 0. The van der Waals surface area contributed by atoms with Crippen molar-refractivity contribution in [2.75, 3.05) is 7.11 Å². The monoisotopic (exact) mass is 318 g/mol. The number of benzene rings is 1. The lowest BCUT2D eigenvalue weighted by Gasteiger charge is -2.28. The fourth-order valence-electron chi connectivity index (χ4n) is 1.92. The minimum Gasteiger partial charge on any atom is -0.494 e. The molecule has 1 amide bonds. The molecule has 0 aliphatic carbocycles. The van der Waals surface area contributed by atoms with Crippen molar-refractivity contribution in [2.24, 2.45) is 5.73 Å². The van der Waals surface area contributed by atoms with Crippen molar-refractivity contribution in [3.05, 3.63) is 24.0 Å². The largest absolute Gasteiger partial charge is 0.494 e. The number of methoxy groups -OCH3 is 1. The van der Waals surface area contributed by atoms with Crippen LogP contribution in [0, 0.1) is 5.82 Å². The second-order valence-electron chi connectivity index (χ2n) is 4.56. The van der Waals surface area contributed by atoms with Gasteiger partial charge >= 0.3 is 0 Å². The number of carbonyl (C=O) groups excluding carboxylic acids is 1. The van der Waals surface area contributed by atoms with Gasteiger partial charge in [0.2, 0.25) is 15.9 Å². The van der Waals surface area contributed by atoms with E-state index in [1.807, 2.05) is 0 Å². The quantitative estimate of drug-likeness (QED) is 0.788. The summed E-state index contributed by atoms with van der Waals surface area (Å²) in [6.45, 7) is 3.29. The lowest BCUT2D eigenvalue weighted by Crippen LogP contribution is -2.56. The minimum absolute atomic E-state index is 0.0684. The molecule has 0 atom stereocenters. The summed E-state index contributed by atoms with van der Waals surface area (Å²) in [5.41, 5.74) is 3.90. The Bertz CT molecular complexity index is 627. The number of halogens is 1. The highest BCUT2D eigenvalue weighted by atomic mass is 32.2. The molecular formula is C13H19FN2O4S. The van der Waals surface area contributed by atoms with Crippen LogP contribution in [0.4, 0.5) is 4.39 Å². The first-order valence-corrected chi connectivity index (χ1v) is 7.88. The number of hydrogen-bond donors (Lipinski definition) is 2. The first-order chi connectivity index (χ1) is 9.72. The summed E-state index contributed by atoms with van der Waals surface area (Å²) < 4.78 is 45.2. The predicted molar refractivity (Wildman–Crippen MR) is 75.8 cm³/mol. The van der Waals surface area contributed by atoms with Crippen LogP contribution in [0.15, 0.2) is 23.1 Å². The fourth-order valence-corrected chi connectivity index (χ4v) is 3.45. The van der Waals surface area contributed by atoms with Crippen molar-refractivity contribution >= 4 is 15.9 Å². The van der Waals surface area contributed by atoms with E-state index in [-0.39, 0.29) is 23.5 Å². The van der Waals surface area contributed by atoms with Gasteiger partial charge in [-0.25, -0.2) is 12.8 Å². The molecule has 1 aromatic rings. The van der Waals surface area contributed by atoms with Gasteiger partial charge in [-0.1, -0.05) is 13.8 Å². The van der Waals surface area contributed by atoms with Gasteiger partial charge in [0, 0.05) is 0 Å². The van der Waals surface area contributed by atoms with Crippen LogP contribution in [-0.4, -0.2) is 27.0 Å². The summed E-state index contributed by atoms with van der Waals surface area (Å²) in [7, 11) is -2.81. The van der Waals surface area contributed by atoms with Crippen molar-refractivity contribution in [3.63, 3.8) is 0 Å². The van der Waals surface area contributed by atoms with E-state index in [1.165, 1.54) is 19.2 Å². The van der Waals surface area contributed by atoms with Gasteiger partial charge in [-0.3, -0.25) is 4.79 Å². The topological polar surface area (TPSA) is 98.5 Å². The maximum atomic E-state index is 13.6. The van der Waals surface area contributed by atoms with Gasteiger partial charge in [0.05, 0.1) is 12.0 Å². The second kappa shape index (κ2) is 6.40. The molecule has 1 rings (SSSR count). The van der Waals surface area contributed by atoms with Crippen molar-refractivity contribution in [2.45, 2.75) is 37.1 Å². The molecule has 8 heteroatoms. The lowest BCUT2D eigenvalue weighted by molar-refractivity contribution is -0.124. The van der Waals surface area contributed by atoms with Gasteiger partial charge in [0.15, 0.2) is 11.6 Å². The van der Waals surface area contributed by atoms with Gasteiger partial charge in [-0.05, 0) is 31.0 Å². The number of amides is 1. The Balaban J connectivity index is 3.22. The van der Waals surface area contributed by atoms with Crippen LogP contribution in [0.5, 0.6) is 5.75 Å². The number of ether oxygens (including phenoxy) is 1. The van der Waals surface area contributed by atoms with Crippen LogP contribution in [0.25, 0.3) is 0 Å². The summed E-state index contributed by atoms with van der Waals surface area (Å²) in [6.07, 6.45) is 0.382. The first kappa shape index (κ1) is 17.4. The van der Waals surface area contributed by atoms with E-state index in [1.54, 1.807) is 13.8 Å². The van der Waals surface area contributed by atoms with Crippen molar-refractivity contribution in [3.8, 4) is 5.75 Å². The number of nitrogens with two attached hydrogens (primary N) is 1. The average Bonchev–Trinajstić information content (AvgIpc) is 2.44. The number of sulfonamides is 1. The fraction of sp³-hybridized carbons (Fsp3) is 0.462. The number of hydrogen-bond acceptors (Lipinski definition) is 4. The maximum absolute atomic E-state index is 13.6. The van der Waals surface area contributed by atoms with Gasteiger partial charge in [0.1, 0.15) is 5.54 Å². The average molecular weight is 318 g/mol. The van der Waals surface area contributed by atoms with E-state index in [4.69, 9.17) is 10.5 Å². The summed E-state index contributed by atoms with van der Waals surface area (Å²) in [6, 6.07) is 3.23. The van der Waals surface area contributed by atoms with Crippen LogP contribution in [-0.2, 0) is 14.8 Å². The Morgan fingerprint density at radius 2 is 1.95 bits per heavy atom. The summed E-state index contributed by atoms with van der Waals surface area (Å²) in [5.74, 6) is -1.65. The Morgan fingerprint density at radius 3 is 2.33 bits per heavy atom. The highest BCUT2D eigenvalue weighted by Gasteiger charge is 2.37. The van der Waals surface area contributed by atoms with Crippen LogP contribution >= 0.6 is 0 Å². The normalized spacial score (nSPS) is 12.2. The predicted octanol–water partition coefficient (Wildman–Crippen LogP) is 1.16. The summed E-state index contributed by atoms with van der Waals surface area (Å²) in [4.78, 5) is 11.3. The van der Waals surface area contributed by atoms with Crippen LogP contribution in [0.2, 0.25) is 0 Å². The molecule has 0 fully saturated rings. The first-order valence-electron chi connectivity index (χ1n) is 6.40. The molecule has 0 unspecified atom stereocenters. The van der Waals surface area contributed by atoms with E-state index >= 15 is 0 Å². The zero-order valence-electron chi connectivity index (χ0n) is 12.1. The van der Waals surface area contributed by atoms with Crippen molar-refractivity contribution in [1.82, 2.24) is 4.72 Å². The Labute approximate surface area is 123 Å². The van der Waals surface area contributed by atoms with Crippen LogP contribution in [0.1, 0.15) is 26.7 Å². The molecule has 0 saturated carbocycles. The van der Waals surface area contributed by atoms with Crippen molar-refractivity contribution in [1.29, 1.82) is 0 Å². The number of primary amides is 1. The molecule has 21 heavy (non-hydrogen) atoms. The molecule has 3 N–H and O–H groups in total. The summed E-state index contributed by atoms with van der Waals surface area (Å²) in [5, 5.41) is 0. The second-order valence-corrected chi connectivity index (χ2v) is 6.24. The van der Waals surface area contributed by atoms with Crippen molar-refractivity contribution < 1.29 is 22.3 Å². The molecule has 1 aromatic carbocycles. The molecule has 0 spiro atoms. The van der Waals surface area contributed by atoms with Gasteiger partial charge in [-0.15, -0.1) is 0 Å². The van der Waals surface area contributed by atoms with E-state index in [0.717, 1.165) is 6.07 Å². The molecule has 0 aromatic heterocycles. The molecule has 118 valence electrons. The minimum atomic E-state index is -4.08. The van der Waals surface area contributed by atoms with Gasteiger partial charge in [0.25, 0.3) is 0 Å². The van der Waals surface area contributed by atoms with Crippen LogP contribution < -0.4 is 15.2 Å². The molecule has 0 heterocycles. The third kappa shape index (κ3) is 3.51. The SMILES string of the molecule is CCC(CC)(NS(=O)(=O)c1ccc(OC)c(F)c1)C(N)=O. The van der Waals surface area contributed by atoms with E-state index in [9.17, 15) is 17.6 Å². The highest BCUT2D eigenvalue weighted by Crippen LogP contribution is 2.23. The zero-order valence-corrected chi connectivity index (χ0v) is 13.0. The number of carbonyl (C=O) groups is 1. The number of nitrogens with one attached hydrogen (secondary N) is 1. The smallest absolute Gasteiger partial charge is 0.241 e. The van der Waals surface area contributed by atoms with E-state index in [2.05, 4.69) is 4.72 Å². The van der Waals surface area contributed by atoms with E-state index < -0.39 is 27.3 Å². The molecular weight excluding hydrogens is 299 g/mol. The Kier molecular flexibility index (Phi) is 5.30. The van der Waals surface area contributed by atoms with Crippen LogP contribution in [0.3, 0.4) is 0 Å². The van der Waals surface area contributed by atoms with E-state index in [0.29, 0.717) is 0 Å². The molecule has 0 aliphatic rings. The maximum Gasteiger partial charge on any atom is 0.241 e. The molecule has 0 aliphatic heterocycles. The third-order valence-corrected chi connectivity index (χ3v) is 4.98. The zero-order chi connectivity index (χ0) is 16.3. The van der Waals surface area contributed by atoms with Gasteiger partial charge < -0.3 is 10.5 Å². The third-order valence-electron chi connectivity index (χ3n) is 3.44. The molecule has 0 radical (unpaired) electrons. The Hall–Kier alpha value is -1.67. The lowest BCUT2D eigenvalue weighted by atomic mass is 9.94. The highest BCUT2D eigenvalue weighted by molar-refractivity contribution is 7.89. The number of rotatable bonds is 7. The molecule has 0 saturated heterocycles.